The van der Waals surface area contributed by atoms with E-state index in [1.807, 2.05) is 60.7 Å². The maximum absolute atomic E-state index is 12.4. The lowest BCUT2D eigenvalue weighted by Crippen LogP contribution is -2.46. The van der Waals surface area contributed by atoms with E-state index in [0.29, 0.717) is 12.1 Å². The predicted octanol–water partition coefficient (Wildman–Crippen LogP) is 1.99. The Balaban J connectivity index is 1.60. The van der Waals surface area contributed by atoms with Crippen molar-refractivity contribution in [3.8, 4) is 0 Å². The summed E-state index contributed by atoms with van der Waals surface area (Å²) in [6.07, 6.45) is -0.290. The van der Waals surface area contributed by atoms with Crippen molar-refractivity contribution in [3.05, 3.63) is 71.8 Å². The van der Waals surface area contributed by atoms with Gasteiger partial charge in [-0.1, -0.05) is 65.8 Å². The van der Waals surface area contributed by atoms with Gasteiger partial charge in [0.15, 0.2) is 0 Å². The van der Waals surface area contributed by atoms with Gasteiger partial charge < -0.3 is 15.3 Å². The van der Waals surface area contributed by atoms with E-state index in [-0.39, 0.29) is 6.42 Å². The van der Waals surface area contributed by atoms with Crippen molar-refractivity contribution in [2.45, 2.75) is 25.0 Å². The standard InChI is InChI=1S/C19H18N2O4/c22-18(17-12-15(21-25-17)14-9-5-2-6-10-14)20-16(19(23)24)11-13-7-3-1-4-8-13/h1-10,16-17H,11-12H2,(H,20,22)(H,23,24). The zero-order valence-electron chi connectivity index (χ0n) is 13.5. The van der Waals surface area contributed by atoms with Crippen LogP contribution in [0.5, 0.6) is 0 Å². The molecule has 1 aliphatic heterocycles. The highest BCUT2D eigenvalue weighted by Crippen LogP contribution is 2.17. The third-order valence-corrected chi connectivity index (χ3v) is 3.97. The summed E-state index contributed by atoms with van der Waals surface area (Å²) in [6, 6.07) is 17.6. The molecular weight excluding hydrogens is 320 g/mol. The number of nitrogens with one attached hydrogen (secondary N) is 1. The van der Waals surface area contributed by atoms with Crippen molar-refractivity contribution in [3.63, 3.8) is 0 Å². The summed E-state index contributed by atoms with van der Waals surface area (Å²) in [5.74, 6) is -1.56. The average molecular weight is 338 g/mol. The highest BCUT2D eigenvalue weighted by molar-refractivity contribution is 6.04. The van der Waals surface area contributed by atoms with E-state index in [1.54, 1.807) is 0 Å². The number of amides is 1. The summed E-state index contributed by atoms with van der Waals surface area (Å²) in [4.78, 5) is 29.0. The fourth-order valence-electron chi connectivity index (χ4n) is 2.63. The van der Waals surface area contributed by atoms with E-state index in [1.165, 1.54) is 0 Å². The Labute approximate surface area is 145 Å². The van der Waals surface area contributed by atoms with Gasteiger partial charge in [-0.05, 0) is 11.1 Å². The lowest BCUT2D eigenvalue weighted by molar-refractivity contribution is -0.143. The third-order valence-electron chi connectivity index (χ3n) is 3.97. The topological polar surface area (TPSA) is 88.0 Å². The molecule has 25 heavy (non-hydrogen) atoms. The van der Waals surface area contributed by atoms with Gasteiger partial charge in [-0.3, -0.25) is 4.79 Å². The molecule has 6 nitrogen and oxygen atoms in total. The van der Waals surface area contributed by atoms with E-state index in [2.05, 4.69) is 10.5 Å². The maximum atomic E-state index is 12.4. The summed E-state index contributed by atoms with van der Waals surface area (Å²) in [5, 5.41) is 15.9. The summed E-state index contributed by atoms with van der Waals surface area (Å²) in [7, 11) is 0. The fourth-order valence-corrected chi connectivity index (χ4v) is 2.63. The van der Waals surface area contributed by atoms with Crippen molar-refractivity contribution in [1.82, 2.24) is 5.32 Å². The van der Waals surface area contributed by atoms with E-state index in [4.69, 9.17) is 4.84 Å². The molecular formula is C19H18N2O4. The van der Waals surface area contributed by atoms with Gasteiger partial charge >= 0.3 is 5.97 Å². The minimum atomic E-state index is -1.08. The zero-order chi connectivity index (χ0) is 17.6. The number of hydrogen-bond donors (Lipinski definition) is 2. The molecule has 0 aliphatic carbocycles. The highest BCUT2D eigenvalue weighted by atomic mass is 16.6. The van der Waals surface area contributed by atoms with Crippen LogP contribution in [-0.4, -0.2) is 34.8 Å². The Morgan fingerprint density at radius 3 is 2.40 bits per heavy atom. The molecule has 0 saturated carbocycles. The van der Waals surface area contributed by atoms with E-state index < -0.39 is 24.0 Å². The zero-order valence-corrected chi connectivity index (χ0v) is 13.5. The molecule has 2 N–H and O–H groups in total. The Morgan fingerprint density at radius 2 is 1.76 bits per heavy atom. The normalized spacial score (nSPS) is 17.3. The number of carbonyl (C=O) groups is 2. The van der Waals surface area contributed by atoms with Gasteiger partial charge in [-0.15, -0.1) is 0 Å². The second kappa shape index (κ2) is 7.61. The largest absolute Gasteiger partial charge is 0.480 e. The molecule has 3 rings (SSSR count). The summed E-state index contributed by atoms with van der Waals surface area (Å²) in [6.45, 7) is 0. The molecule has 0 fully saturated rings. The molecule has 1 amide bonds. The molecule has 6 heteroatoms. The van der Waals surface area contributed by atoms with Crippen LogP contribution >= 0.6 is 0 Å². The molecule has 0 bridgehead atoms. The van der Waals surface area contributed by atoms with Gasteiger partial charge in [-0.25, -0.2) is 4.79 Å². The molecule has 0 aromatic heterocycles. The summed E-state index contributed by atoms with van der Waals surface area (Å²) >= 11 is 0. The molecule has 2 unspecified atom stereocenters. The van der Waals surface area contributed by atoms with Crippen LogP contribution in [-0.2, 0) is 20.8 Å². The van der Waals surface area contributed by atoms with Crippen molar-refractivity contribution < 1.29 is 19.5 Å². The Kier molecular flexibility index (Phi) is 5.09. The van der Waals surface area contributed by atoms with E-state index in [0.717, 1.165) is 11.1 Å². The first-order valence-corrected chi connectivity index (χ1v) is 7.98. The average Bonchev–Trinajstić information content (AvgIpc) is 3.13. The van der Waals surface area contributed by atoms with Gasteiger partial charge in [0.2, 0.25) is 6.10 Å². The Hall–Kier alpha value is -3.15. The Morgan fingerprint density at radius 1 is 1.12 bits per heavy atom. The van der Waals surface area contributed by atoms with Crippen molar-refractivity contribution in [2.24, 2.45) is 5.16 Å². The number of benzene rings is 2. The number of carbonyl (C=O) groups excluding carboxylic acids is 1. The highest BCUT2D eigenvalue weighted by Gasteiger charge is 2.31. The van der Waals surface area contributed by atoms with Crippen molar-refractivity contribution in [2.75, 3.05) is 0 Å². The smallest absolute Gasteiger partial charge is 0.326 e. The van der Waals surface area contributed by atoms with Gasteiger partial charge in [0, 0.05) is 12.8 Å². The molecule has 2 aromatic rings. The lowest BCUT2D eigenvalue weighted by atomic mass is 10.0. The first kappa shape index (κ1) is 16.7. The third kappa shape index (κ3) is 4.23. The van der Waals surface area contributed by atoms with Crippen LogP contribution in [0, 0.1) is 0 Å². The first-order chi connectivity index (χ1) is 12.1. The molecule has 2 atom stereocenters. The second-order valence-corrected chi connectivity index (χ2v) is 5.79. The predicted molar refractivity (Wildman–Crippen MR) is 92.2 cm³/mol. The van der Waals surface area contributed by atoms with E-state index in [9.17, 15) is 14.7 Å². The van der Waals surface area contributed by atoms with Crippen LogP contribution in [0.2, 0.25) is 0 Å². The second-order valence-electron chi connectivity index (χ2n) is 5.79. The fraction of sp³-hybridized carbons (Fsp3) is 0.211. The first-order valence-electron chi connectivity index (χ1n) is 7.98. The minimum absolute atomic E-state index is 0.209. The summed E-state index contributed by atoms with van der Waals surface area (Å²) < 4.78 is 0. The quantitative estimate of drug-likeness (QED) is 0.843. The van der Waals surface area contributed by atoms with Crippen LogP contribution in [0.3, 0.4) is 0 Å². The monoisotopic (exact) mass is 338 g/mol. The van der Waals surface area contributed by atoms with Crippen molar-refractivity contribution in [1.29, 1.82) is 0 Å². The summed E-state index contributed by atoms with van der Waals surface area (Å²) in [5.41, 5.74) is 2.40. The lowest BCUT2D eigenvalue weighted by Gasteiger charge is -2.16. The maximum Gasteiger partial charge on any atom is 0.326 e. The van der Waals surface area contributed by atoms with Crippen molar-refractivity contribution >= 4 is 17.6 Å². The van der Waals surface area contributed by atoms with Crippen LogP contribution < -0.4 is 5.32 Å². The van der Waals surface area contributed by atoms with Crippen LogP contribution in [0.1, 0.15) is 17.5 Å². The van der Waals surface area contributed by atoms with Gasteiger partial charge in [0.05, 0.1) is 5.71 Å². The van der Waals surface area contributed by atoms with Gasteiger partial charge in [0.1, 0.15) is 6.04 Å². The van der Waals surface area contributed by atoms with Gasteiger partial charge in [-0.2, -0.15) is 0 Å². The number of hydrogen-bond acceptors (Lipinski definition) is 4. The molecule has 2 aromatic carbocycles. The minimum Gasteiger partial charge on any atom is -0.480 e. The Bertz CT molecular complexity index is 775. The van der Waals surface area contributed by atoms with Gasteiger partial charge in [0.25, 0.3) is 5.91 Å². The molecule has 0 saturated heterocycles. The number of rotatable bonds is 6. The van der Waals surface area contributed by atoms with Crippen LogP contribution in [0.25, 0.3) is 0 Å². The molecule has 0 spiro atoms. The SMILES string of the molecule is O=C(O)C(Cc1ccccc1)NC(=O)C1CC(c2ccccc2)=NO1. The number of nitrogens with zero attached hydrogens (tertiary/aromatic N) is 1. The number of carboxylic acids is 1. The molecule has 1 heterocycles. The molecule has 128 valence electrons. The number of aliphatic carboxylic acids is 1. The number of carboxylic acid groups (broad SMARTS) is 1. The molecule has 1 aliphatic rings. The van der Waals surface area contributed by atoms with Crippen LogP contribution in [0.15, 0.2) is 65.8 Å². The van der Waals surface area contributed by atoms with E-state index >= 15 is 0 Å². The number of oxime groups is 1. The van der Waals surface area contributed by atoms with Crippen LogP contribution in [0.4, 0.5) is 0 Å². The molecule has 0 radical (unpaired) electrons.